The van der Waals surface area contributed by atoms with Gasteiger partial charge in [0.2, 0.25) is 0 Å². The van der Waals surface area contributed by atoms with E-state index in [0.717, 1.165) is 12.2 Å². The second-order valence-electron chi connectivity index (χ2n) is 2.48. The summed E-state index contributed by atoms with van der Waals surface area (Å²) in [5.74, 6) is 0. The predicted molar refractivity (Wildman–Crippen MR) is 61.2 cm³/mol. The molecule has 0 radical (unpaired) electrons. The third-order valence-electron chi connectivity index (χ3n) is 1.39. The van der Waals surface area contributed by atoms with Crippen molar-refractivity contribution >= 4 is 23.5 Å². The third kappa shape index (κ3) is 3.95. The molecule has 2 N–H and O–H groups in total. The highest BCUT2D eigenvalue weighted by molar-refractivity contribution is 7.80. The van der Waals surface area contributed by atoms with Crippen molar-refractivity contribution in [2.24, 2.45) is 5.10 Å². The monoisotopic (exact) mass is 208 g/mol. The van der Waals surface area contributed by atoms with Gasteiger partial charge in [-0.15, -0.1) is 0 Å². The second kappa shape index (κ2) is 6.04. The zero-order valence-electron chi connectivity index (χ0n) is 7.90. The minimum atomic E-state index is 0.514. The second-order valence-corrected chi connectivity index (χ2v) is 2.89. The van der Waals surface area contributed by atoms with Gasteiger partial charge in [-0.05, 0) is 31.3 Å². The number of nitrogens with zero attached hydrogens (tertiary/aromatic N) is 2. The molecule has 0 aromatic carbocycles. The van der Waals surface area contributed by atoms with E-state index in [1.54, 1.807) is 12.4 Å². The van der Waals surface area contributed by atoms with Gasteiger partial charge < -0.3 is 5.32 Å². The highest BCUT2D eigenvalue weighted by Gasteiger charge is 1.88. The Morgan fingerprint density at radius 3 is 3.14 bits per heavy atom. The first kappa shape index (κ1) is 10.6. The van der Waals surface area contributed by atoms with Crippen LogP contribution in [0.4, 0.5) is 0 Å². The van der Waals surface area contributed by atoms with E-state index >= 15 is 0 Å². The van der Waals surface area contributed by atoms with E-state index in [4.69, 9.17) is 12.2 Å². The van der Waals surface area contributed by atoms with Crippen molar-refractivity contribution in [1.82, 2.24) is 15.7 Å². The number of hydrogen-bond acceptors (Lipinski definition) is 3. The van der Waals surface area contributed by atoms with E-state index < -0.39 is 0 Å². The Hall–Kier alpha value is -1.49. The van der Waals surface area contributed by atoms with Crippen molar-refractivity contribution in [2.45, 2.75) is 6.92 Å². The van der Waals surface area contributed by atoms with Gasteiger partial charge in [-0.1, -0.05) is 6.07 Å². The highest BCUT2D eigenvalue weighted by atomic mass is 32.1. The first-order valence-corrected chi connectivity index (χ1v) is 4.71. The number of aromatic nitrogens is 1. The molecule has 0 amide bonds. The van der Waals surface area contributed by atoms with Gasteiger partial charge >= 0.3 is 0 Å². The maximum Gasteiger partial charge on any atom is 0.186 e. The van der Waals surface area contributed by atoms with E-state index in [1.807, 2.05) is 25.1 Å². The molecule has 0 spiro atoms. The standard InChI is InChI=1S/C9H12N4S/c1-2-10-9(14)13-12-7-8-5-3-4-6-11-8/h3-7H,2H2,1H3,(H2,10,13,14)/b12-7-. The zero-order chi connectivity index (χ0) is 10.2. The Kier molecular flexibility index (Phi) is 4.57. The van der Waals surface area contributed by atoms with Crippen LogP contribution in [0, 0.1) is 0 Å². The molecule has 0 aliphatic heterocycles. The van der Waals surface area contributed by atoms with Crippen LogP contribution >= 0.6 is 12.2 Å². The quantitative estimate of drug-likeness (QED) is 0.440. The largest absolute Gasteiger partial charge is 0.362 e. The number of nitrogens with one attached hydrogen (secondary N) is 2. The van der Waals surface area contributed by atoms with Gasteiger partial charge in [-0.2, -0.15) is 5.10 Å². The lowest BCUT2D eigenvalue weighted by atomic mass is 10.4. The number of pyridine rings is 1. The summed E-state index contributed by atoms with van der Waals surface area (Å²) in [5.41, 5.74) is 3.47. The van der Waals surface area contributed by atoms with Crippen LogP contribution in [0.5, 0.6) is 0 Å². The molecule has 0 atom stereocenters. The first-order chi connectivity index (χ1) is 6.83. The fourth-order valence-electron chi connectivity index (χ4n) is 0.809. The Morgan fingerprint density at radius 1 is 1.64 bits per heavy atom. The van der Waals surface area contributed by atoms with Crippen LogP contribution < -0.4 is 10.7 Å². The summed E-state index contributed by atoms with van der Waals surface area (Å²) in [5, 5.41) is 7.35. The van der Waals surface area contributed by atoms with Crippen LogP contribution in [0.1, 0.15) is 12.6 Å². The van der Waals surface area contributed by atoms with Crippen molar-refractivity contribution in [3.63, 3.8) is 0 Å². The van der Waals surface area contributed by atoms with E-state index in [2.05, 4.69) is 20.8 Å². The molecule has 0 unspecified atom stereocenters. The SMILES string of the molecule is CCNC(=S)N/N=C\c1ccccn1. The minimum Gasteiger partial charge on any atom is -0.362 e. The highest BCUT2D eigenvalue weighted by Crippen LogP contribution is 1.87. The van der Waals surface area contributed by atoms with Crippen LogP contribution in [-0.4, -0.2) is 22.9 Å². The molecule has 0 bridgehead atoms. The average Bonchev–Trinajstić information content (AvgIpc) is 2.20. The normalized spacial score (nSPS) is 10.1. The molecule has 14 heavy (non-hydrogen) atoms. The lowest BCUT2D eigenvalue weighted by molar-refractivity contribution is 0.903. The van der Waals surface area contributed by atoms with E-state index in [9.17, 15) is 0 Å². The van der Waals surface area contributed by atoms with Crippen LogP contribution in [0.3, 0.4) is 0 Å². The summed E-state index contributed by atoms with van der Waals surface area (Å²) in [4.78, 5) is 4.07. The van der Waals surface area contributed by atoms with Gasteiger partial charge in [0.05, 0.1) is 11.9 Å². The van der Waals surface area contributed by atoms with Gasteiger partial charge in [-0.3, -0.25) is 10.4 Å². The Bertz CT molecular complexity index is 310. The summed E-state index contributed by atoms with van der Waals surface area (Å²) < 4.78 is 0. The van der Waals surface area contributed by atoms with Crippen molar-refractivity contribution in [3.8, 4) is 0 Å². The number of hydrazone groups is 1. The summed E-state index contributed by atoms with van der Waals surface area (Å²) in [6, 6.07) is 5.62. The van der Waals surface area contributed by atoms with Crippen LogP contribution in [0.25, 0.3) is 0 Å². The molecule has 0 saturated carbocycles. The summed E-state index contributed by atoms with van der Waals surface area (Å²) in [6.07, 6.45) is 3.33. The molecule has 74 valence electrons. The van der Waals surface area contributed by atoms with Gasteiger partial charge in [0.1, 0.15) is 0 Å². The molecule has 0 fully saturated rings. The van der Waals surface area contributed by atoms with Gasteiger partial charge in [-0.25, -0.2) is 0 Å². The molecule has 1 aromatic heterocycles. The van der Waals surface area contributed by atoms with Gasteiger partial charge in [0, 0.05) is 12.7 Å². The predicted octanol–water partition coefficient (Wildman–Crippen LogP) is 0.900. The maximum atomic E-state index is 4.91. The number of thiocarbonyl (C=S) groups is 1. The molecule has 5 heteroatoms. The maximum absolute atomic E-state index is 4.91. The first-order valence-electron chi connectivity index (χ1n) is 4.31. The van der Waals surface area contributed by atoms with Crippen LogP contribution in [0.2, 0.25) is 0 Å². The number of rotatable bonds is 3. The molecule has 0 saturated heterocycles. The molecular weight excluding hydrogens is 196 g/mol. The lowest BCUT2D eigenvalue weighted by Gasteiger charge is -2.01. The lowest BCUT2D eigenvalue weighted by Crippen LogP contribution is -2.31. The topological polar surface area (TPSA) is 49.3 Å². The van der Waals surface area contributed by atoms with E-state index in [0.29, 0.717) is 5.11 Å². The van der Waals surface area contributed by atoms with Gasteiger partial charge in [0.15, 0.2) is 5.11 Å². The average molecular weight is 208 g/mol. The van der Waals surface area contributed by atoms with Crippen LogP contribution in [-0.2, 0) is 0 Å². The molecule has 0 aliphatic rings. The Morgan fingerprint density at radius 2 is 2.50 bits per heavy atom. The van der Waals surface area contributed by atoms with Crippen molar-refractivity contribution in [3.05, 3.63) is 30.1 Å². The Balaban J connectivity index is 2.38. The van der Waals surface area contributed by atoms with Crippen molar-refractivity contribution in [1.29, 1.82) is 0 Å². The Labute approximate surface area is 88.4 Å². The number of hydrogen-bond donors (Lipinski definition) is 2. The van der Waals surface area contributed by atoms with Gasteiger partial charge in [0.25, 0.3) is 0 Å². The molecule has 1 aromatic rings. The van der Waals surface area contributed by atoms with Crippen molar-refractivity contribution in [2.75, 3.05) is 6.54 Å². The van der Waals surface area contributed by atoms with Crippen LogP contribution in [0.15, 0.2) is 29.5 Å². The molecular formula is C9H12N4S. The van der Waals surface area contributed by atoms with E-state index in [1.165, 1.54) is 0 Å². The molecule has 4 nitrogen and oxygen atoms in total. The van der Waals surface area contributed by atoms with E-state index in [-0.39, 0.29) is 0 Å². The smallest absolute Gasteiger partial charge is 0.186 e. The molecule has 0 aliphatic carbocycles. The summed E-state index contributed by atoms with van der Waals surface area (Å²) in [7, 11) is 0. The molecule has 1 rings (SSSR count). The fraction of sp³-hybridized carbons (Fsp3) is 0.222. The summed E-state index contributed by atoms with van der Waals surface area (Å²) >= 11 is 4.91. The summed E-state index contributed by atoms with van der Waals surface area (Å²) in [6.45, 7) is 2.75. The zero-order valence-corrected chi connectivity index (χ0v) is 8.71. The fourth-order valence-corrected chi connectivity index (χ4v) is 1.01. The van der Waals surface area contributed by atoms with Crippen molar-refractivity contribution < 1.29 is 0 Å². The molecule has 1 heterocycles. The minimum absolute atomic E-state index is 0.514. The third-order valence-corrected chi connectivity index (χ3v) is 1.62.